The number of nitrogens with one attached hydrogen (secondary N) is 1. The molecule has 0 aromatic carbocycles. The molecular weight excluding hydrogens is 202 g/mol. The fraction of sp³-hybridized carbons (Fsp3) is 0.750. The van der Waals surface area contributed by atoms with Crippen LogP contribution in [0.4, 0.5) is 0 Å². The summed E-state index contributed by atoms with van der Waals surface area (Å²) in [4.78, 5) is 0. The van der Waals surface area contributed by atoms with Crippen LogP contribution in [0.15, 0.2) is 16.4 Å². The molecule has 0 radical (unpaired) electrons. The second-order valence-corrected chi connectivity index (χ2v) is 4.71. The first-order valence-corrected chi connectivity index (χ1v) is 5.96. The summed E-state index contributed by atoms with van der Waals surface area (Å²) in [6.45, 7) is 11.5. The summed E-state index contributed by atoms with van der Waals surface area (Å²) in [5.74, 6) is 0. The number of hydrazone groups is 1. The molecule has 0 saturated carbocycles. The molecule has 4 nitrogen and oxygen atoms in total. The molecule has 2 rings (SSSR count). The fourth-order valence-corrected chi connectivity index (χ4v) is 2.81. The van der Waals surface area contributed by atoms with Crippen molar-refractivity contribution < 1.29 is 4.74 Å². The van der Waals surface area contributed by atoms with Gasteiger partial charge in [0.2, 0.25) is 0 Å². The number of piperidine rings is 1. The maximum absolute atomic E-state index is 6.09. The second kappa shape index (κ2) is 4.55. The van der Waals surface area contributed by atoms with Crippen molar-refractivity contribution in [1.29, 1.82) is 0 Å². The minimum Gasteiger partial charge on any atom is -0.367 e. The van der Waals surface area contributed by atoms with Gasteiger partial charge in [-0.05, 0) is 39.8 Å². The van der Waals surface area contributed by atoms with E-state index in [1.165, 1.54) is 11.3 Å². The molecule has 2 heterocycles. The van der Waals surface area contributed by atoms with Crippen LogP contribution in [0.25, 0.3) is 0 Å². The van der Waals surface area contributed by atoms with Gasteiger partial charge in [0.05, 0.1) is 18.8 Å². The molecule has 0 aromatic heterocycles. The molecule has 1 N–H and O–H groups in total. The van der Waals surface area contributed by atoms with E-state index in [-0.39, 0.29) is 5.60 Å². The van der Waals surface area contributed by atoms with E-state index in [1.54, 1.807) is 0 Å². The highest BCUT2D eigenvalue weighted by Crippen LogP contribution is 2.38. The predicted molar refractivity (Wildman–Crippen MR) is 65.4 cm³/mol. The molecule has 0 unspecified atom stereocenters. The van der Waals surface area contributed by atoms with Crippen molar-refractivity contribution >= 4 is 6.72 Å². The van der Waals surface area contributed by atoms with E-state index >= 15 is 0 Å². The average Bonchev–Trinajstić information content (AvgIpc) is 2.29. The Kier molecular flexibility index (Phi) is 3.30. The molecule has 2 fully saturated rings. The number of rotatable bonds is 1. The molecule has 0 atom stereocenters. The van der Waals surface area contributed by atoms with Crippen LogP contribution < -0.4 is 5.32 Å². The lowest BCUT2D eigenvalue weighted by molar-refractivity contribution is -0.0900. The number of allylic oxidation sites excluding steroid dienone is 1. The van der Waals surface area contributed by atoms with Crippen molar-refractivity contribution in [3.05, 3.63) is 11.3 Å². The summed E-state index contributed by atoms with van der Waals surface area (Å²) in [6.07, 6.45) is 2.05. The highest BCUT2D eigenvalue weighted by Gasteiger charge is 2.42. The van der Waals surface area contributed by atoms with Gasteiger partial charge in [-0.2, -0.15) is 5.10 Å². The normalized spacial score (nSPS) is 24.6. The minimum atomic E-state index is -0.122. The molecule has 2 aliphatic rings. The lowest BCUT2D eigenvalue weighted by Crippen LogP contribution is -2.53. The summed E-state index contributed by atoms with van der Waals surface area (Å²) in [5.41, 5.74) is 2.40. The Bertz CT molecular complexity index is 296. The monoisotopic (exact) mass is 223 g/mol. The van der Waals surface area contributed by atoms with E-state index in [0.29, 0.717) is 0 Å². The number of hydrogen-bond acceptors (Lipinski definition) is 4. The van der Waals surface area contributed by atoms with Gasteiger partial charge in [0, 0.05) is 6.72 Å². The Hall–Kier alpha value is -0.870. The van der Waals surface area contributed by atoms with Crippen molar-refractivity contribution in [1.82, 2.24) is 10.3 Å². The van der Waals surface area contributed by atoms with Crippen molar-refractivity contribution in [3.63, 3.8) is 0 Å². The van der Waals surface area contributed by atoms with Crippen molar-refractivity contribution in [3.8, 4) is 0 Å². The molecule has 2 aliphatic heterocycles. The molecule has 0 aromatic rings. The number of ether oxygens (including phenoxy) is 1. The molecule has 4 heteroatoms. The van der Waals surface area contributed by atoms with Gasteiger partial charge in [-0.25, -0.2) is 0 Å². The Morgan fingerprint density at radius 1 is 1.44 bits per heavy atom. The second-order valence-electron chi connectivity index (χ2n) is 4.71. The third-order valence-corrected chi connectivity index (χ3v) is 3.43. The van der Waals surface area contributed by atoms with Crippen molar-refractivity contribution in [2.45, 2.75) is 32.3 Å². The zero-order chi connectivity index (χ0) is 11.6. The quantitative estimate of drug-likeness (QED) is 0.682. The zero-order valence-corrected chi connectivity index (χ0v) is 10.3. The molecule has 16 heavy (non-hydrogen) atoms. The lowest BCUT2D eigenvalue weighted by atomic mass is 9.85. The van der Waals surface area contributed by atoms with Crippen molar-refractivity contribution in [2.24, 2.45) is 5.10 Å². The highest BCUT2D eigenvalue weighted by molar-refractivity contribution is 5.28. The van der Waals surface area contributed by atoms with Crippen LogP contribution in [-0.2, 0) is 4.74 Å². The van der Waals surface area contributed by atoms with E-state index in [2.05, 4.69) is 31.0 Å². The van der Waals surface area contributed by atoms with Gasteiger partial charge < -0.3 is 10.1 Å². The topological polar surface area (TPSA) is 36.9 Å². The molecule has 0 amide bonds. The standard InChI is InChI=1S/C12H21N3O/c1-10(2)11-12(4-6-14-7-5-12)16-9-8-15(11)13-3/h14H,3-9H2,1-2H3. The van der Waals surface area contributed by atoms with Gasteiger partial charge in [0.15, 0.2) is 0 Å². The predicted octanol–water partition coefficient (Wildman–Crippen LogP) is 1.35. The minimum absolute atomic E-state index is 0.122. The first kappa shape index (κ1) is 11.6. The average molecular weight is 223 g/mol. The maximum atomic E-state index is 6.09. The van der Waals surface area contributed by atoms with Crippen LogP contribution in [0.3, 0.4) is 0 Å². The Morgan fingerprint density at radius 2 is 2.12 bits per heavy atom. The van der Waals surface area contributed by atoms with Gasteiger partial charge in [0.1, 0.15) is 5.60 Å². The Balaban J connectivity index is 2.34. The Labute approximate surface area is 97.3 Å². The Morgan fingerprint density at radius 3 is 2.69 bits per heavy atom. The maximum Gasteiger partial charge on any atom is 0.112 e. The highest BCUT2D eigenvalue weighted by atomic mass is 16.5. The van der Waals surface area contributed by atoms with E-state index in [9.17, 15) is 0 Å². The molecular formula is C12H21N3O. The molecule has 90 valence electrons. The summed E-state index contributed by atoms with van der Waals surface area (Å²) < 4.78 is 6.09. The van der Waals surface area contributed by atoms with Crippen LogP contribution in [-0.4, -0.2) is 43.6 Å². The largest absolute Gasteiger partial charge is 0.367 e. The van der Waals surface area contributed by atoms with E-state index < -0.39 is 0 Å². The van der Waals surface area contributed by atoms with Crippen LogP contribution in [0.5, 0.6) is 0 Å². The molecule has 1 spiro atoms. The number of hydrogen-bond donors (Lipinski definition) is 1. The number of morpholine rings is 1. The summed E-state index contributed by atoms with van der Waals surface area (Å²) in [5, 5.41) is 9.52. The van der Waals surface area contributed by atoms with Gasteiger partial charge in [-0.1, -0.05) is 5.57 Å². The third-order valence-electron chi connectivity index (χ3n) is 3.43. The molecule has 0 bridgehead atoms. The van der Waals surface area contributed by atoms with E-state index in [1.807, 2.05) is 5.01 Å². The summed E-state index contributed by atoms with van der Waals surface area (Å²) >= 11 is 0. The molecule has 0 aliphatic carbocycles. The third kappa shape index (κ3) is 1.87. The number of nitrogens with zero attached hydrogens (tertiary/aromatic N) is 2. The van der Waals surface area contributed by atoms with Crippen LogP contribution >= 0.6 is 0 Å². The van der Waals surface area contributed by atoms with Gasteiger partial charge in [0.25, 0.3) is 0 Å². The zero-order valence-electron chi connectivity index (χ0n) is 10.3. The SMILES string of the molecule is C=NN1CCOC2(CCNCC2)C1=C(C)C. The van der Waals surface area contributed by atoms with Crippen molar-refractivity contribution in [2.75, 3.05) is 26.2 Å². The van der Waals surface area contributed by atoms with Gasteiger partial charge in [-0.15, -0.1) is 0 Å². The smallest absolute Gasteiger partial charge is 0.112 e. The van der Waals surface area contributed by atoms with E-state index in [4.69, 9.17) is 4.74 Å². The van der Waals surface area contributed by atoms with Crippen LogP contribution in [0, 0.1) is 0 Å². The summed E-state index contributed by atoms with van der Waals surface area (Å²) in [7, 11) is 0. The van der Waals surface area contributed by atoms with Crippen LogP contribution in [0.2, 0.25) is 0 Å². The van der Waals surface area contributed by atoms with Crippen LogP contribution in [0.1, 0.15) is 26.7 Å². The van der Waals surface area contributed by atoms with Gasteiger partial charge >= 0.3 is 0 Å². The molecule has 2 saturated heterocycles. The first-order chi connectivity index (χ1) is 7.69. The fourth-order valence-electron chi connectivity index (χ4n) is 2.81. The summed E-state index contributed by atoms with van der Waals surface area (Å²) in [6, 6.07) is 0. The first-order valence-electron chi connectivity index (χ1n) is 5.96. The van der Waals surface area contributed by atoms with Gasteiger partial charge in [-0.3, -0.25) is 5.01 Å². The van der Waals surface area contributed by atoms with E-state index in [0.717, 1.165) is 39.1 Å². The lowest BCUT2D eigenvalue weighted by Gasteiger charge is -2.46.